The van der Waals surface area contributed by atoms with Crippen LogP contribution in [0.4, 0.5) is 0 Å². The van der Waals surface area contributed by atoms with Crippen molar-refractivity contribution in [2.24, 2.45) is 5.92 Å². The molecule has 1 aromatic rings. The lowest BCUT2D eigenvalue weighted by Gasteiger charge is -2.22. The first-order chi connectivity index (χ1) is 8.19. The highest BCUT2D eigenvalue weighted by Crippen LogP contribution is 2.28. The van der Waals surface area contributed by atoms with Gasteiger partial charge in [-0.15, -0.1) is 0 Å². The van der Waals surface area contributed by atoms with Crippen molar-refractivity contribution in [1.29, 1.82) is 0 Å². The summed E-state index contributed by atoms with van der Waals surface area (Å²) in [6, 6.07) is 1.60. The fraction of sp³-hybridized carbons (Fsp3) is 0.500. The van der Waals surface area contributed by atoms with Crippen molar-refractivity contribution >= 4 is 11.6 Å². The third-order valence-electron chi connectivity index (χ3n) is 2.99. The zero-order chi connectivity index (χ0) is 12.4. The SMILES string of the molecule is COC(OC)C(=O)C1CCc2occc2C1=O. The van der Waals surface area contributed by atoms with Gasteiger partial charge in [0, 0.05) is 20.6 Å². The van der Waals surface area contributed by atoms with Gasteiger partial charge >= 0.3 is 0 Å². The molecule has 0 fully saturated rings. The molecule has 2 rings (SSSR count). The Morgan fingerprint density at radius 3 is 2.82 bits per heavy atom. The monoisotopic (exact) mass is 238 g/mol. The Morgan fingerprint density at radius 1 is 1.47 bits per heavy atom. The van der Waals surface area contributed by atoms with Gasteiger partial charge in [-0.2, -0.15) is 0 Å². The number of hydrogen-bond donors (Lipinski definition) is 0. The molecule has 0 spiro atoms. The molecule has 0 bridgehead atoms. The van der Waals surface area contributed by atoms with E-state index in [1.54, 1.807) is 6.07 Å². The Bertz CT molecular complexity index is 430. The van der Waals surface area contributed by atoms with Crippen LogP contribution < -0.4 is 0 Å². The minimum Gasteiger partial charge on any atom is -0.469 e. The highest BCUT2D eigenvalue weighted by atomic mass is 16.7. The average molecular weight is 238 g/mol. The number of Topliss-reactive ketones (excluding diaryl/α,β-unsaturated/α-hetero) is 2. The lowest BCUT2D eigenvalue weighted by Crippen LogP contribution is -2.37. The van der Waals surface area contributed by atoms with Crippen LogP contribution in [0.2, 0.25) is 0 Å². The van der Waals surface area contributed by atoms with E-state index in [4.69, 9.17) is 13.9 Å². The number of rotatable bonds is 4. The lowest BCUT2D eigenvalue weighted by atomic mass is 9.84. The fourth-order valence-corrected chi connectivity index (χ4v) is 2.11. The molecule has 0 aliphatic heterocycles. The van der Waals surface area contributed by atoms with Crippen molar-refractivity contribution in [2.45, 2.75) is 19.1 Å². The number of furan rings is 1. The Labute approximate surface area is 98.7 Å². The number of carbonyl (C=O) groups is 2. The van der Waals surface area contributed by atoms with Gasteiger partial charge in [0.05, 0.1) is 17.7 Å². The molecule has 1 atom stereocenters. The van der Waals surface area contributed by atoms with Crippen molar-refractivity contribution in [3.05, 3.63) is 23.7 Å². The highest BCUT2D eigenvalue weighted by molar-refractivity contribution is 6.12. The summed E-state index contributed by atoms with van der Waals surface area (Å²) in [6.45, 7) is 0. The Hall–Kier alpha value is -1.46. The molecule has 0 saturated heterocycles. The topological polar surface area (TPSA) is 65.7 Å². The fourth-order valence-electron chi connectivity index (χ4n) is 2.11. The average Bonchev–Trinajstić information content (AvgIpc) is 2.80. The number of hydrogen-bond acceptors (Lipinski definition) is 5. The maximum absolute atomic E-state index is 12.1. The molecular formula is C12H14O5. The first-order valence-electron chi connectivity index (χ1n) is 5.39. The summed E-state index contributed by atoms with van der Waals surface area (Å²) < 4.78 is 14.9. The van der Waals surface area contributed by atoms with E-state index in [1.165, 1.54) is 20.5 Å². The zero-order valence-corrected chi connectivity index (χ0v) is 9.76. The van der Waals surface area contributed by atoms with Crippen LogP contribution in [0.1, 0.15) is 22.5 Å². The molecule has 0 aromatic carbocycles. The molecule has 17 heavy (non-hydrogen) atoms. The first kappa shape index (κ1) is 12.0. The predicted octanol–water partition coefficient (Wildman–Crippen LogP) is 1.21. The molecule has 5 nitrogen and oxygen atoms in total. The third kappa shape index (κ3) is 2.03. The van der Waals surface area contributed by atoms with E-state index < -0.39 is 12.2 Å². The third-order valence-corrected chi connectivity index (χ3v) is 2.99. The molecule has 1 unspecified atom stereocenters. The molecule has 1 aliphatic rings. The van der Waals surface area contributed by atoms with Crippen LogP contribution in [0, 0.1) is 5.92 Å². The van der Waals surface area contributed by atoms with Crippen molar-refractivity contribution in [3.8, 4) is 0 Å². The molecule has 92 valence electrons. The molecule has 0 amide bonds. The van der Waals surface area contributed by atoms with Gasteiger partial charge in [-0.05, 0) is 12.5 Å². The van der Waals surface area contributed by atoms with E-state index in [9.17, 15) is 9.59 Å². The van der Waals surface area contributed by atoms with Crippen molar-refractivity contribution in [3.63, 3.8) is 0 Å². The number of carbonyl (C=O) groups excluding carboxylic acids is 2. The van der Waals surface area contributed by atoms with Crippen molar-refractivity contribution in [1.82, 2.24) is 0 Å². The van der Waals surface area contributed by atoms with E-state index in [0.29, 0.717) is 24.2 Å². The lowest BCUT2D eigenvalue weighted by molar-refractivity contribution is -0.159. The summed E-state index contributed by atoms with van der Waals surface area (Å²) in [5.41, 5.74) is 0.501. The van der Waals surface area contributed by atoms with Gasteiger partial charge in [0.1, 0.15) is 5.76 Å². The molecule has 0 saturated carbocycles. The maximum atomic E-state index is 12.1. The van der Waals surface area contributed by atoms with Crippen LogP contribution in [-0.2, 0) is 20.7 Å². The second-order valence-electron chi connectivity index (χ2n) is 3.92. The molecule has 1 aliphatic carbocycles. The van der Waals surface area contributed by atoms with E-state index in [-0.39, 0.29) is 11.6 Å². The molecule has 0 radical (unpaired) electrons. The van der Waals surface area contributed by atoms with Crippen LogP contribution in [0.25, 0.3) is 0 Å². The zero-order valence-electron chi connectivity index (χ0n) is 9.76. The van der Waals surface area contributed by atoms with E-state index in [1.807, 2.05) is 0 Å². The minimum atomic E-state index is -0.975. The Kier molecular flexibility index (Phi) is 3.40. The summed E-state index contributed by atoms with van der Waals surface area (Å²) in [4.78, 5) is 24.1. The van der Waals surface area contributed by atoms with Crippen LogP contribution in [-0.4, -0.2) is 32.1 Å². The molecule has 1 aromatic heterocycles. The van der Waals surface area contributed by atoms with E-state index in [0.717, 1.165) is 0 Å². The summed E-state index contributed by atoms with van der Waals surface area (Å²) in [5, 5.41) is 0. The Morgan fingerprint density at radius 2 is 2.18 bits per heavy atom. The van der Waals surface area contributed by atoms with Crippen LogP contribution in [0.15, 0.2) is 16.7 Å². The number of methoxy groups -OCH3 is 2. The van der Waals surface area contributed by atoms with Gasteiger partial charge in [-0.1, -0.05) is 0 Å². The summed E-state index contributed by atoms with van der Waals surface area (Å²) >= 11 is 0. The second kappa shape index (κ2) is 4.81. The van der Waals surface area contributed by atoms with Crippen LogP contribution in [0.3, 0.4) is 0 Å². The smallest absolute Gasteiger partial charge is 0.218 e. The summed E-state index contributed by atoms with van der Waals surface area (Å²) in [7, 11) is 2.76. The highest BCUT2D eigenvalue weighted by Gasteiger charge is 2.37. The Balaban J connectivity index is 2.20. The summed E-state index contributed by atoms with van der Waals surface area (Å²) in [6.07, 6.45) is 1.53. The van der Waals surface area contributed by atoms with Crippen LogP contribution in [0.5, 0.6) is 0 Å². The number of fused-ring (bicyclic) bond motifs is 1. The number of ether oxygens (including phenoxy) is 2. The molecule has 1 heterocycles. The minimum absolute atomic E-state index is 0.205. The van der Waals surface area contributed by atoms with Gasteiger partial charge in [0.2, 0.25) is 6.29 Å². The quantitative estimate of drug-likeness (QED) is 0.582. The molecule has 0 N–H and O–H groups in total. The predicted molar refractivity (Wildman–Crippen MR) is 57.7 cm³/mol. The van der Waals surface area contributed by atoms with Gasteiger partial charge in [-0.3, -0.25) is 9.59 Å². The normalized spacial score (nSPS) is 19.5. The first-order valence-corrected chi connectivity index (χ1v) is 5.39. The number of aryl methyl sites for hydroxylation is 1. The molecule has 5 heteroatoms. The van der Waals surface area contributed by atoms with E-state index in [2.05, 4.69) is 0 Å². The molecular weight excluding hydrogens is 224 g/mol. The van der Waals surface area contributed by atoms with Crippen molar-refractivity contribution in [2.75, 3.05) is 14.2 Å². The van der Waals surface area contributed by atoms with Gasteiger partial charge in [0.25, 0.3) is 0 Å². The largest absolute Gasteiger partial charge is 0.469 e. The summed E-state index contributed by atoms with van der Waals surface area (Å²) in [5.74, 6) is -0.564. The van der Waals surface area contributed by atoms with Crippen LogP contribution >= 0.6 is 0 Å². The van der Waals surface area contributed by atoms with Gasteiger partial charge in [-0.25, -0.2) is 0 Å². The standard InChI is InChI=1S/C12H14O5/c1-15-12(16-2)11(14)8-3-4-9-7(10(8)13)5-6-17-9/h5-6,8,12H,3-4H2,1-2H3. The van der Waals surface area contributed by atoms with E-state index >= 15 is 0 Å². The van der Waals surface area contributed by atoms with Gasteiger partial charge < -0.3 is 13.9 Å². The number of ketones is 2. The van der Waals surface area contributed by atoms with Gasteiger partial charge in [0.15, 0.2) is 11.6 Å². The second-order valence-corrected chi connectivity index (χ2v) is 3.92. The maximum Gasteiger partial charge on any atom is 0.218 e. The van der Waals surface area contributed by atoms with Crippen molar-refractivity contribution < 1.29 is 23.5 Å².